The molecule has 0 saturated carbocycles. The number of alkyl halides is 3. The van der Waals surface area contributed by atoms with Gasteiger partial charge in [-0.25, -0.2) is 0 Å². The highest BCUT2D eigenvalue weighted by Crippen LogP contribution is 2.27. The Morgan fingerprint density at radius 1 is 1.43 bits per heavy atom. The molecule has 0 radical (unpaired) electrons. The monoisotopic (exact) mass is 304 g/mol. The van der Waals surface area contributed by atoms with Crippen LogP contribution in [0.25, 0.3) is 0 Å². The molecular formula is C13H15F3N2O3. The average molecular weight is 304 g/mol. The molecule has 1 aromatic rings. The van der Waals surface area contributed by atoms with Crippen molar-refractivity contribution in [3.63, 3.8) is 0 Å². The Morgan fingerprint density at radius 3 is 2.81 bits per heavy atom. The van der Waals surface area contributed by atoms with Gasteiger partial charge in [-0.1, -0.05) is 0 Å². The number of amides is 1. The molecule has 0 aromatic carbocycles. The molecule has 0 unspecified atom stereocenters. The van der Waals surface area contributed by atoms with Crippen LogP contribution >= 0.6 is 0 Å². The van der Waals surface area contributed by atoms with E-state index in [-0.39, 0.29) is 6.10 Å². The minimum atomic E-state index is -4.55. The second-order valence-electron chi connectivity index (χ2n) is 4.82. The van der Waals surface area contributed by atoms with Crippen LogP contribution in [0.2, 0.25) is 0 Å². The third kappa shape index (κ3) is 4.32. The number of ether oxygens (including phenoxy) is 1. The molecule has 1 aliphatic rings. The molecule has 5 nitrogen and oxygen atoms in total. The Hall–Kier alpha value is -1.83. The second kappa shape index (κ2) is 6.30. The van der Waals surface area contributed by atoms with E-state index in [1.54, 1.807) is 0 Å². The van der Waals surface area contributed by atoms with Gasteiger partial charge in [-0.3, -0.25) is 9.59 Å². The van der Waals surface area contributed by atoms with E-state index in [0.29, 0.717) is 25.4 Å². The van der Waals surface area contributed by atoms with Gasteiger partial charge in [-0.15, -0.1) is 0 Å². The fourth-order valence-corrected chi connectivity index (χ4v) is 2.07. The molecule has 2 rings (SSSR count). The lowest BCUT2D eigenvalue weighted by Crippen LogP contribution is -2.36. The summed E-state index contributed by atoms with van der Waals surface area (Å²) < 4.78 is 43.7. The summed E-state index contributed by atoms with van der Waals surface area (Å²) in [6, 6.07) is 1.50. The van der Waals surface area contributed by atoms with E-state index in [9.17, 15) is 22.8 Å². The summed E-state index contributed by atoms with van der Waals surface area (Å²) in [5, 5.41) is 2.55. The first-order chi connectivity index (χ1) is 9.86. The molecular weight excluding hydrogens is 289 g/mol. The highest BCUT2D eigenvalue weighted by atomic mass is 19.4. The zero-order valence-corrected chi connectivity index (χ0v) is 11.2. The first kappa shape index (κ1) is 15.6. The molecule has 1 fully saturated rings. The maximum absolute atomic E-state index is 12.6. The molecule has 21 heavy (non-hydrogen) atoms. The Balaban J connectivity index is 1.97. The lowest BCUT2D eigenvalue weighted by molar-refractivity contribution is -0.138. The van der Waals surface area contributed by atoms with Gasteiger partial charge in [0.15, 0.2) is 0 Å². The van der Waals surface area contributed by atoms with Crippen molar-refractivity contribution in [2.45, 2.75) is 31.7 Å². The molecule has 0 bridgehead atoms. The van der Waals surface area contributed by atoms with Gasteiger partial charge in [0.2, 0.25) is 5.91 Å². The molecule has 0 spiro atoms. The van der Waals surface area contributed by atoms with Crippen LogP contribution in [0.4, 0.5) is 13.2 Å². The van der Waals surface area contributed by atoms with Crippen LogP contribution in [0, 0.1) is 0 Å². The van der Waals surface area contributed by atoms with E-state index < -0.39 is 29.8 Å². The highest BCUT2D eigenvalue weighted by molar-refractivity contribution is 5.75. The van der Waals surface area contributed by atoms with E-state index in [1.165, 1.54) is 0 Å². The highest BCUT2D eigenvalue weighted by Gasteiger charge is 2.31. The number of hydrogen-bond donors (Lipinski definition) is 1. The molecule has 1 atom stereocenters. The topological polar surface area (TPSA) is 60.3 Å². The summed E-state index contributed by atoms with van der Waals surface area (Å²) >= 11 is 0. The molecule has 2 heterocycles. The van der Waals surface area contributed by atoms with Crippen LogP contribution < -0.4 is 10.9 Å². The molecule has 1 aromatic heterocycles. The fraction of sp³-hybridized carbons (Fsp3) is 0.538. The van der Waals surface area contributed by atoms with Crippen molar-refractivity contribution in [3.8, 4) is 0 Å². The van der Waals surface area contributed by atoms with Crippen molar-refractivity contribution in [3.05, 3.63) is 34.2 Å². The van der Waals surface area contributed by atoms with E-state index >= 15 is 0 Å². The Kier molecular flexibility index (Phi) is 4.66. The number of aromatic nitrogens is 1. The minimum absolute atomic E-state index is 0.0628. The van der Waals surface area contributed by atoms with Crippen molar-refractivity contribution in [2.24, 2.45) is 0 Å². The van der Waals surface area contributed by atoms with Crippen molar-refractivity contribution in [1.29, 1.82) is 0 Å². The van der Waals surface area contributed by atoms with Crippen molar-refractivity contribution in [2.75, 3.05) is 13.2 Å². The quantitative estimate of drug-likeness (QED) is 0.908. The molecule has 1 amide bonds. The first-order valence-corrected chi connectivity index (χ1v) is 6.52. The van der Waals surface area contributed by atoms with Gasteiger partial charge in [-0.05, 0) is 18.9 Å². The summed E-state index contributed by atoms with van der Waals surface area (Å²) in [5.41, 5.74) is -1.62. The van der Waals surface area contributed by atoms with Crippen LogP contribution in [0.5, 0.6) is 0 Å². The number of pyridine rings is 1. The van der Waals surface area contributed by atoms with Gasteiger partial charge in [0, 0.05) is 25.4 Å². The van der Waals surface area contributed by atoms with E-state index in [0.717, 1.165) is 23.5 Å². The van der Waals surface area contributed by atoms with E-state index in [2.05, 4.69) is 5.32 Å². The summed E-state index contributed by atoms with van der Waals surface area (Å²) in [6.07, 6.45) is -2.21. The van der Waals surface area contributed by atoms with Crippen LogP contribution in [0.1, 0.15) is 18.4 Å². The van der Waals surface area contributed by atoms with Gasteiger partial charge in [0.05, 0.1) is 11.7 Å². The Bertz CT molecular complexity index is 563. The van der Waals surface area contributed by atoms with Gasteiger partial charge in [0.1, 0.15) is 6.54 Å². The summed E-state index contributed by atoms with van der Waals surface area (Å²) in [4.78, 5) is 23.2. The summed E-state index contributed by atoms with van der Waals surface area (Å²) in [7, 11) is 0. The van der Waals surface area contributed by atoms with Crippen molar-refractivity contribution >= 4 is 5.91 Å². The Morgan fingerprint density at radius 2 is 2.19 bits per heavy atom. The van der Waals surface area contributed by atoms with Crippen LogP contribution in [-0.2, 0) is 22.3 Å². The van der Waals surface area contributed by atoms with E-state index in [1.807, 2.05) is 0 Å². The van der Waals surface area contributed by atoms with Gasteiger partial charge in [-0.2, -0.15) is 13.2 Å². The fourth-order valence-electron chi connectivity index (χ4n) is 2.07. The van der Waals surface area contributed by atoms with Crippen molar-refractivity contribution in [1.82, 2.24) is 9.88 Å². The normalized spacial score (nSPS) is 18.7. The standard InChI is InChI=1S/C13H15F3N2O3/c14-13(15,16)9-3-4-12(20)18(7-9)8-11(19)17-6-10-2-1-5-21-10/h3-4,7,10H,1-2,5-6,8H2,(H,17,19)/t10-/m1/s1. The minimum Gasteiger partial charge on any atom is -0.376 e. The smallest absolute Gasteiger partial charge is 0.376 e. The number of carbonyl (C=O) groups is 1. The molecule has 1 aliphatic heterocycles. The second-order valence-corrected chi connectivity index (χ2v) is 4.82. The SMILES string of the molecule is O=C(Cn1cc(C(F)(F)F)ccc1=O)NC[C@H]1CCCO1. The predicted molar refractivity (Wildman–Crippen MR) is 67.7 cm³/mol. The number of hydrogen-bond acceptors (Lipinski definition) is 3. The molecule has 0 aliphatic carbocycles. The van der Waals surface area contributed by atoms with Gasteiger partial charge >= 0.3 is 6.18 Å². The largest absolute Gasteiger partial charge is 0.417 e. The van der Waals surface area contributed by atoms with Crippen molar-refractivity contribution < 1.29 is 22.7 Å². The molecule has 8 heteroatoms. The molecule has 1 N–H and O–H groups in total. The van der Waals surface area contributed by atoms with Gasteiger partial charge < -0.3 is 14.6 Å². The summed E-state index contributed by atoms with van der Waals surface area (Å²) in [6.45, 7) is 0.496. The number of carbonyl (C=O) groups excluding carboxylic acids is 1. The molecule has 1 saturated heterocycles. The van der Waals surface area contributed by atoms with E-state index in [4.69, 9.17) is 4.74 Å². The lowest BCUT2D eigenvalue weighted by atomic mass is 10.2. The van der Waals surface area contributed by atoms with Gasteiger partial charge in [0.25, 0.3) is 5.56 Å². The first-order valence-electron chi connectivity index (χ1n) is 6.52. The van der Waals surface area contributed by atoms with Crippen LogP contribution in [0.15, 0.2) is 23.1 Å². The Labute approximate surface area is 118 Å². The predicted octanol–water partition coefficient (Wildman–Crippen LogP) is 1.16. The maximum atomic E-state index is 12.6. The van der Waals surface area contributed by atoms with Crippen LogP contribution in [-0.4, -0.2) is 29.7 Å². The number of rotatable bonds is 4. The zero-order chi connectivity index (χ0) is 15.5. The maximum Gasteiger partial charge on any atom is 0.417 e. The number of halogens is 3. The average Bonchev–Trinajstić information content (AvgIpc) is 2.91. The summed E-state index contributed by atoms with van der Waals surface area (Å²) in [5.74, 6) is -0.521. The third-order valence-corrected chi connectivity index (χ3v) is 3.18. The number of nitrogens with one attached hydrogen (secondary N) is 1. The lowest BCUT2D eigenvalue weighted by Gasteiger charge is -2.13. The molecule has 116 valence electrons. The number of nitrogens with zero attached hydrogens (tertiary/aromatic N) is 1. The van der Waals surface area contributed by atoms with Crippen LogP contribution in [0.3, 0.4) is 0 Å². The third-order valence-electron chi connectivity index (χ3n) is 3.18. The zero-order valence-electron chi connectivity index (χ0n) is 11.2.